The van der Waals surface area contributed by atoms with E-state index in [2.05, 4.69) is 39.6 Å². The fourth-order valence-corrected chi connectivity index (χ4v) is 4.20. The monoisotopic (exact) mass is 340 g/mol. The first-order valence-corrected chi connectivity index (χ1v) is 8.32. The highest BCUT2D eigenvalue weighted by Crippen LogP contribution is 2.36. The van der Waals surface area contributed by atoms with Crippen LogP contribution in [0.4, 0.5) is 10.1 Å². The smallest absolute Gasteiger partial charge is 0.147 e. The van der Waals surface area contributed by atoms with Gasteiger partial charge in [-0.05, 0) is 53.4 Å². The highest BCUT2D eigenvalue weighted by atomic mass is 79.9. The number of hydrogen-bond donors (Lipinski definition) is 0. The summed E-state index contributed by atoms with van der Waals surface area (Å²) in [4.78, 5) is 4.90. The summed E-state index contributed by atoms with van der Waals surface area (Å²) in [7, 11) is 0. The average Bonchev–Trinajstić information content (AvgIpc) is 2.84. The number of nitrogens with zero attached hydrogens (tertiary/aromatic N) is 2. The minimum atomic E-state index is -0.114. The molecular weight excluding hydrogens is 319 g/mol. The molecule has 2 nitrogen and oxygen atoms in total. The van der Waals surface area contributed by atoms with Gasteiger partial charge in [-0.2, -0.15) is 0 Å². The molecule has 0 aromatic heterocycles. The van der Waals surface area contributed by atoms with E-state index in [4.69, 9.17) is 0 Å². The van der Waals surface area contributed by atoms with Gasteiger partial charge in [0.15, 0.2) is 0 Å². The van der Waals surface area contributed by atoms with E-state index in [0.29, 0.717) is 18.0 Å². The zero-order valence-electron chi connectivity index (χ0n) is 12.1. The van der Waals surface area contributed by atoms with Crippen molar-refractivity contribution in [2.45, 2.75) is 38.8 Å². The zero-order valence-corrected chi connectivity index (χ0v) is 13.7. The van der Waals surface area contributed by atoms with Gasteiger partial charge in [0.1, 0.15) is 5.82 Å². The molecule has 0 aliphatic carbocycles. The summed E-state index contributed by atoms with van der Waals surface area (Å²) in [6, 6.07) is 6.25. The topological polar surface area (TPSA) is 6.48 Å². The summed E-state index contributed by atoms with van der Waals surface area (Å²) in [5, 5.41) is 0. The standard InChI is InChI=1S/C16H22BrFN2/c1-11(2)15-10-19-8-4-5-12(19)9-20(15)16-13(17)6-3-7-14(16)18/h3,6-7,11-12,15H,4-5,8-10H2,1-2H3. The summed E-state index contributed by atoms with van der Waals surface area (Å²) in [6.07, 6.45) is 2.52. The van der Waals surface area contributed by atoms with Crippen LogP contribution in [-0.4, -0.2) is 36.6 Å². The molecule has 0 radical (unpaired) electrons. The van der Waals surface area contributed by atoms with Crippen LogP contribution in [0.25, 0.3) is 0 Å². The minimum Gasteiger partial charge on any atom is -0.362 e. The van der Waals surface area contributed by atoms with E-state index in [0.717, 1.165) is 23.2 Å². The average molecular weight is 341 g/mol. The van der Waals surface area contributed by atoms with Crippen LogP contribution in [0.1, 0.15) is 26.7 Å². The van der Waals surface area contributed by atoms with Crippen LogP contribution in [0.5, 0.6) is 0 Å². The van der Waals surface area contributed by atoms with Crippen molar-refractivity contribution >= 4 is 21.6 Å². The minimum absolute atomic E-state index is 0.114. The summed E-state index contributed by atoms with van der Waals surface area (Å²) in [6.45, 7) is 7.69. The lowest BCUT2D eigenvalue weighted by Crippen LogP contribution is -2.58. The number of anilines is 1. The molecule has 2 aliphatic heterocycles. The van der Waals surface area contributed by atoms with Gasteiger partial charge in [-0.3, -0.25) is 4.90 Å². The third-order valence-electron chi connectivity index (χ3n) is 4.72. The predicted octanol–water partition coefficient (Wildman–Crippen LogP) is 3.90. The van der Waals surface area contributed by atoms with Crippen molar-refractivity contribution in [1.29, 1.82) is 0 Å². The third-order valence-corrected chi connectivity index (χ3v) is 5.36. The number of hydrogen-bond acceptors (Lipinski definition) is 2. The molecule has 2 fully saturated rings. The molecule has 20 heavy (non-hydrogen) atoms. The number of para-hydroxylation sites is 1. The van der Waals surface area contributed by atoms with Gasteiger partial charge in [0.2, 0.25) is 0 Å². The summed E-state index contributed by atoms with van der Waals surface area (Å²) >= 11 is 3.54. The maximum Gasteiger partial charge on any atom is 0.147 e. The fraction of sp³-hybridized carbons (Fsp3) is 0.625. The molecular formula is C16H22BrFN2. The molecule has 4 heteroatoms. The lowest BCUT2D eigenvalue weighted by molar-refractivity contribution is 0.176. The van der Waals surface area contributed by atoms with Crippen LogP contribution < -0.4 is 4.90 Å². The van der Waals surface area contributed by atoms with Crippen molar-refractivity contribution in [3.05, 3.63) is 28.5 Å². The maximum atomic E-state index is 14.3. The Morgan fingerprint density at radius 2 is 2.10 bits per heavy atom. The van der Waals surface area contributed by atoms with E-state index < -0.39 is 0 Å². The molecule has 1 aromatic carbocycles. The van der Waals surface area contributed by atoms with Gasteiger partial charge in [-0.1, -0.05) is 19.9 Å². The Bertz CT molecular complexity index is 471. The summed E-state index contributed by atoms with van der Waals surface area (Å²) in [5.74, 6) is 0.402. The number of fused-ring (bicyclic) bond motifs is 1. The molecule has 0 bridgehead atoms. The van der Waals surface area contributed by atoms with Gasteiger partial charge >= 0.3 is 0 Å². The van der Waals surface area contributed by atoms with Gasteiger partial charge < -0.3 is 4.90 Å². The highest BCUT2D eigenvalue weighted by molar-refractivity contribution is 9.10. The van der Waals surface area contributed by atoms with Crippen LogP contribution in [0.3, 0.4) is 0 Å². The molecule has 2 saturated heterocycles. The molecule has 0 saturated carbocycles. The Hall–Kier alpha value is -0.610. The maximum absolute atomic E-state index is 14.3. The first-order valence-electron chi connectivity index (χ1n) is 7.52. The first-order chi connectivity index (χ1) is 9.58. The second-order valence-corrected chi connectivity index (χ2v) is 7.18. The molecule has 2 heterocycles. The Labute approximate surface area is 129 Å². The molecule has 3 rings (SSSR count). The molecule has 0 spiro atoms. The lowest BCUT2D eigenvalue weighted by atomic mass is 9.96. The van der Waals surface area contributed by atoms with Gasteiger partial charge in [0.05, 0.1) is 5.69 Å². The Morgan fingerprint density at radius 3 is 2.80 bits per heavy atom. The first kappa shape index (κ1) is 14.3. The van der Waals surface area contributed by atoms with E-state index in [-0.39, 0.29) is 5.82 Å². The second-order valence-electron chi connectivity index (χ2n) is 6.32. The highest BCUT2D eigenvalue weighted by Gasteiger charge is 2.38. The van der Waals surface area contributed by atoms with Crippen LogP contribution in [0, 0.1) is 11.7 Å². The zero-order chi connectivity index (χ0) is 14.3. The number of rotatable bonds is 2. The number of benzene rings is 1. The normalized spacial score (nSPS) is 27.1. The molecule has 0 N–H and O–H groups in total. The number of halogens is 2. The SMILES string of the molecule is CC(C)C1CN2CCCC2CN1c1c(F)cccc1Br. The lowest BCUT2D eigenvalue weighted by Gasteiger charge is -2.47. The van der Waals surface area contributed by atoms with Crippen molar-refractivity contribution < 1.29 is 4.39 Å². The third kappa shape index (κ3) is 2.48. The molecule has 1 aromatic rings. The van der Waals surface area contributed by atoms with E-state index in [1.165, 1.54) is 19.4 Å². The molecule has 2 unspecified atom stereocenters. The fourth-order valence-electron chi connectivity index (χ4n) is 3.63. The summed E-state index contributed by atoms with van der Waals surface area (Å²) in [5.41, 5.74) is 0.748. The van der Waals surface area contributed by atoms with E-state index in [1.807, 2.05) is 6.07 Å². The van der Waals surface area contributed by atoms with Crippen molar-refractivity contribution in [2.75, 3.05) is 24.5 Å². The van der Waals surface area contributed by atoms with Gasteiger partial charge in [-0.25, -0.2) is 4.39 Å². The van der Waals surface area contributed by atoms with Crippen molar-refractivity contribution in [3.63, 3.8) is 0 Å². The summed E-state index contributed by atoms with van der Waals surface area (Å²) < 4.78 is 15.2. The quantitative estimate of drug-likeness (QED) is 0.805. The van der Waals surface area contributed by atoms with E-state index in [1.54, 1.807) is 12.1 Å². The predicted molar refractivity (Wildman–Crippen MR) is 84.7 cm³/mol. The van der Waals surface area contributed by atoms with Crippen molar-refractivity contribution in [3.8, 4) is 0 Å². The molecule has 110 valence electrons. The van der Waals surface area contributed by atoms with Gasteiger partial charge in [0.25, 0.3) is 0 Å². The van der Waals surface area contributed by atoms with Crippen LogP contribution in [0.15, 0.2) is 22.7 Å². The molecule has 2 aliphatic rings. The van der Waals surface area contributed by atoms with Gasteiger partial charge in [0, 0.05) is 29.6 Å². The Kier molecular flexibility index (Phi) is 4.04. The molecule has 2 atom stereocenters. The van der Waals surface area contributed by atoms with Crippen molar-refractivity contribution in [2.24, 2.45) is 5.92 Å². The van der Waals surface area contributed by atoms with Crippen molar-refractivity contribution in [1.82, 2.24) is 4.90 Å². The second kappa shape index (κ2) is 5.64. The molecule has 0 amide bonds. The van der Waals surface area contributed by atoms with E-state index in [9.17, 15) is 4.39 Å². The van der Waals surface area contributed by atoms with Gasteiger partial charge in [-0.15, -0.1) is 0 Å². The van der Waals surface area contributed by atoms with Crippen LogP contribution in [-0.2, 0) is 0 Å². The van der Waals surface area contributed by atoms with E-state index >= 15 is 0 Å². The Morgan fingerprint density at radius 1 is 1.30 bits per heavy atom. The largest absolute Gasteiger partial charge is 0.362 e. The van der Waals surface area contributed by atoms with Crippen LogP contribution in [0.2, 0.25) is 0 Å². The number of piperazine rings is 1. The Balaban J connectivity index is 1.96. The van der Waals surface area contributed by atoms with Crippen LogP contribution >= 0.6 is 15.9 Å².